The third kappa shape index (κ3) is 4.85. The van der Waals surface area contributed by atoms with Crippen LogP contribution in [0.5, 0.6) is 11.5 Å². The lowest BCUT2D eigenvalue weighted by atomic mass is 9.88. The minimum absolute atomic E-state index is 0. The third-order valence-electron chi connectivity index (χ3n) is 7.22. The van der Waals surface area contributed by atoms with E-state index in [1.165, 1.54) is 4.68 Å². The molecular formula is C31H28ClN5O5. The highest BCUT2D eigenvalue weighted by atomic mass is 35.5. The van der Waals surface area contributed by atoms with Crippen LogP contribution >= 0.6 is 12.4 Å². The fourth-order valence-corrected chi connectivity index (χ4v) is 5.29. The topological polar surface area (TPSA) is 123 Å². The Bertz CT molecular complexity index is 1860. The summed E-state index contributed by atoms with van der Waals surface area (Å²) in [6, 6.07) is 18.3. The normalized spacial score (nSPS) is 12.6. The second-order valence-electron chi connectivity index (χ2n) is 9.44. The molecule has 3 aromatic heterocycles. The van der Waals surface area contributed by atoms with Gasteiger partial charge in [0.2, 0.25) is 0 Å². The maximum Gasteiger partial charge on any atom is 0.280 e. The first kappa shape index (κ1) is 28.7. The van der Waals surface area contributed by atoms with Crippen LogP contribution < -0.4 is 15.0 Å². The minimum atomic E-state index is -0.319. The zero-order valence-electron chi connectivity index (χ0n) is 22.9. The molecule has 6 rings (SSSR count). The summed E-state index contributed by atoms with van der Waals surface area (Å²) in [5.41, 5.74) is 4.61. The van der Waals surface area contributed by atoms with Crippen molar-refractivity contribution in [3.8, 4) is 28.6 Å². The summed E-state index contributed by atoms with van der Waals surface area (Å²) in [4.78, 5) is 24.1. The molecule has 10 nitrogen and oxygen atoms in total. The number of ether oxygens (including phenoxy) is 2. The van der Waals surface area contributed by atoms with Crippen LogP contribution in [-0.4, -0.2) is 62.4 Å². The molecule has 4 heterocycles. The molecule has 1 aliphatic heterocycles. The number of pyridine rings is 2. The number of fused-ring (bicyclic) bond motifs is 2. The Labute approximate surface area is 247 Å². The fourth-order valence-electron chi connectivity index (χ4n) is 5.29. The summed E-state index contributed by atoms with van der Waals surface area (Å²) >= 11 is 0. The van der Waals surface area contributed by atoms with Crippen molar-refractivity contribution in [1.29, 1.82) is 0 Å². The predicted octanol–water partition coefficient (Wildman–Crippen LogP) is 3.80. The first-order valence-electron chi connectivity index (χ1n) is 12.9. The summed E-state index contributed by atoms with van der Waals surface area (Å²) in [6.45, 7) is -0.254. The number of hydrogen-bond acceptors (Lipinski definition) is 9. The van der Waals surface area contributed by atoms with Crippen LogP contribution in [0, 0.1) is 0 Å². The van der Waals surface area contributed by atoms with Crippen molar-refractivity contribution in [1.82, 2.24) is 24.6 Å². The van der Waals surface area contributed by atoms with Gasteiger partial charge in [0.25, 0.3) is 5.56 Å². The van der Waals surface area contributed by atoms with Crippen LogP contribution in [0.15, 0.2) is 89.7 Å². The average molecular weight is 586 g/mol. The summed E-state index contributed by atoms with van der Waals surface area (Å²) in [5, 5.41) is 26.6. The summed E-state index contributed by atoms with van der Waals surface area (Å²) in [5.74, 6) is 1.39. The van der Waals surface area contributed by atoms with Crippen LogP contribution in [0.25, 0.3) is 33.4 Å². The molecule has 0 bridgehead atoms. The monoisotopic (exact) mass is 585 g/mol. The lowest BCUT2D eigenvalue weighted by Crippen LogP contribution is -2.31. The molecule has 1 aliphatic rings. The molecule has 0 radical (unpaired) electrons. The van der Waals surface area contributed by atoms with Crippen molar-refractivity contribution in [2.24, 2.45) is 0 Å². The standard InChI is InChI=1S/C31H27N5O5.ClH/c1-40-26-12-21-16-35(18-38)25(17-37)29(24(21)14-27(26)41-2)19-9-11-33-28(13-19)36-31(39)23-8-4-3-7-22(23)30(34-36)20-6-5-10-32-15-20;/h3-15,37-38H,16-18H2,1-2H3;1H. The minimum Gasteiger partial charge on any atom is -0.493 e. The van der Waals surface area contributed by atoms with Gasteiger partial charge >= 0.3 is 0 Å². The Morgan fingerprint density at radius 2 is 1.67 bits per heavy atom. The maximum atomic E-state index is 13.7. The highest BCUT2D eigenvalue weighted by Crippen LogP contribution is 2.41. The summed E-state index contributed by atoms with van der Waals surface area (Å²) in [6.07, 6.45) is 4.98. The van der Waals surface area contributed by atoms with Crippen molar-refractivity contribution >= 4 is 28.8 Å². The molecule has 0 saturated carbocycles. The van der Waals surface area contributed by atoms with Crippen LogP contribution in [0.2, 0.25) is 0 Å². The Morgan fingerprint density at radius 3 is 2.36 bits per heavy atom. The van der Waals surface area contributed by atoms with Gasteiger partial charge in [-0.1, -0.05) is 18.2 Å². The molecule has 5 aromatic rings. The fraction of sp³-hybridized carbons (Fsp3) is 0.161. The van der Waals surface area contributed by atoms with Gasteiger partial charge in [0.05, 0.1) is 26.2 Å². The van der Waals surface area contributed by atoms with Crippen LogP contribution in [-0.2, 0) is 6.54 Å². The SMILES string of the molecule is COc1cc2c(cc1OC)C(c1ccnc(-n3nc(-c4cccnc4)c4ccccc4c3=O)c1)=C(CO)N(CO)C2.Cl. The number of nitrogens with zero attached hydrogens (tertiary/aromatic N) is 5. The zero-order valence-corrected chi connectivity index (χ0v) is 23.7. The van der Waals surface area contributed by atoms with Crippen LogP contribution in [0.1, 0.15) is 16.7 Å². The molecule has 2 aromatic carbocycles. The number of aliphatic hydroxyl groups is 2. The molecule has 0 unspecified atom stereocenters. The molecule has 0 fully saturated rings. The lowest BCUT2D eigenvalue weighted by Gasteiger charge is -2.34. The van der Waals surface area contributed by atoms with Crippen molar-refractivity contribution in [2.45, 2.75) is 6.54 Å². The molecule has 0 amide bonds. The Balaban J connectivity index is 0.00000353. The van der Waals surface area contributed by atoms with Gasteiger partial charge in [0.15, 0.2) is 17.3 Å². The Kier molecular flexibility index (Phi) is 8.21. The van der Waals surface area contributed by atoms with Crippen molar-refractivity contribution in [3.63, 3.8) is 0 Å². The Morgan fingerprint density at radius 1 is 0.905 bits per heavy atom. The molecule has 0 spiro atoms. The molecular weight excluding hydrogens is 558 g/mol. The van der Waals surface area contributed by atoms with Gasteiger partial charge in [-0.15, -0.1) is 12.4 Å². The zero-order chi connectivity index (χ0) is 28.5. The second kappa shape index (κ2) is 12.0. The maximum absolute atomic E-state index is 13.7. The highest BCUT2D eigenvalue weighted by Gasteiger charge is 2.28. The number of hydrogen-bond donors (Lipinski definition) is 2. The van der Waals surface area contributed by atoms with Gasteiger partial charge < -0.3 is 24.6 Å². The van der Waals surface area contributed by atoms with Crippen LogP contribution in [0.4, 0.5) is 0 Å². The average Bonchev–Trinajstić information content (AvgIpc) is 3.03. The number of aromatic nitrogens is 4. The largest absolute Gasteiger partial charge is 0.493 e. The molecule has 42 heavy (non-hydrogen) atoms. The van der Waals surface area contributed by atoms with E-state index >= 15 is 0 Å². The second-order valence-corrected chi connectivity index (χ2v) is 9.44. The lowest BCUT2D eigenvalue weighted by molar-refractivity contribution is 0.116. The number of methoxy groups -OCH3 is 2. The highest BCUT2D eigenvalue weighted by molar-refractivity contribution is 5.94. The van der Waals surface area contributed by atoms with Gasteiger partial charge in [-0.25, -0.2) is 4.98 Å². The van der Waals surface area contributed by atoms with Crippen molar-refractivity contribution in [2.75, 3.05) is 27.6 Å². The van der Waals surface area contributed by atoms with Gasteiger partial charge in [-0.2, -0.15) is 9.78 Å². The molecule has 0 atom stereocenters. The Hall–Kier alpha value is -4.77. The molecule has 11 heteroatoms. The van der Waals surface area contributed by atoms with E-state index in [1.807, 2.05) is 42.5 Å². The quantitative estimate of drug-likeness (QED) is 0.293. The number of benzene rings is 2. The smallest absolute Gasteiger partial charge is 0.280 e. The van der Waals surface area contributed by atoms with Crippen molar-refractivity contribution in [3.05, 3.63) is 112 Å². The number of rotatable bonds is 7. The molecule has 214 valence electrons. The van der Waals surface area contributed by atoms with Crippen LogP contribution in [0.3, 0.4) is 0 Å². The van der Waals surface area contributed by atoms with E-state index in [2.05, 4.69) is 9.97 Å². The number of aliphatic hydroxyl groups excluding tert-OH is 2. The van der Waals surface area contributed by atoms with E-state index in [9.17, 15) is 15.0 Å². The van der Waals surface area contributed by atoms with Gasteiger partial charge in [0.1, 0.15) is 12.4 Å². The van der Waals surface area contributed by atoms with E-state index in [0.717, 1.165) is 16.7 Å². The van der Waals surface area contributed by atoms with Gasteiger partial charge in [0, 0.05) is 47.4 Å². The van der Waals surface area contributed by atoms with Gasteiger partial charge in [-0.3, -0.25) is 9.78 Å². The van der Waals surface area contributed by atoms with E-state index in [-0.39, 0.29) is 31.3 Å². The first-order valence-corrected chi connectivity index (χ1v) is 12.9. The van der Waals surface area contributed by atoms with Crippen molar-refractivity contribution < 1.29 is 19.7 Å². The predicted molar refractivity (Wildman–Crippen MR) is 161 cm³/mol. The summed E-state index contributed by atoms with van der Waals surface area (Å²) < 4.78 is 12.4. The first-order chi connectivity index (χ1) is 20.1. The molecule has 0 aliphatic carbocycles. The van der Waals surface area contributed by atoms with Gasteiger partial charge in [-0.05, 0) is 59.2 Å². The molecule has 0 saturated heterocycles. The summed E-state index contributed by atoms with van der Waals surface area (Å²) in [7, 11) is 3.13. The third-order valence-corrected chi connectivity index (χ3v) is 7.22. The van der Waals surface area contributed by atoms with E-state index < -0.39 is 0 Å². The van der Waals surface area contributed by atoms with E-state index in [1.54, 1.807) is 55.9 Å². The number of halogens is 1. The van der Waals surface area contributed by atoms with E-state index in [4.69, 9.17) is 14.6 Å². The van der Waals surface area contributed by atoms with E-state index in [0.29, 0.717) is 57.2 Å². The molecule has 2 N–H and O–H groups in total.